The number of hydrogen-bond donors (Lipinski definition) is 2. The van der Waals surface area contributed by atoms with Crippen molar-refractivity contribution >= 4 is 5.91 Å². The highest BCUT2D eigenvalue weighted by atomic mass is 16.2. The predicted molar refractivity (Wildman–Crippen MR) is 98.7 cm³/mol. The van der Waals surface area contributed by atoms with Crippen molar-refractivity contribution in [2.45, 2.75) is 19.9 Å². The molecule has 0 aliphatic heterocycles. The van der Waals surface area contributed by atoms with Gasteiger partial charge in [0.15, 0.2) is 0 Å². The first-order valence-electron chi connectivity index (χ1n) is 8.46. The van der Waals surface area contributed by atoms with Crippen LogP contribution in [-0.4, -0.2) is 37.0 Å². The largest absolute Gasteiger partial charge is 0.351 e. The Morgan fingerprint density at radius 1 is 1.04 bits per heavy atom. The fourth-order valence-corrected chi connectivity index (χ4v) is 2.67. The van der Waals surface area contributed by atoms with Crippen molar-refractivity contribution in [3.05, 3.63) is 71.3 Å². The third-order valence-corrected chi connectivity index (χ3v) is 3.94. The van der Waals surface area contributed by atoms with Crippen LogP contribution in [0, 0.1) is 6.92 Å². The lowest BCUT2D eigenvalue weighted by molar-refractivity contribution is -0.122. The minimum absolute atomic E-state index is 0.0398. The zero-order valence-electron chi connectivity index (χ0n) is 14.4. The number of amides is 1. The molecule has 0 spiro atoms. The summed E-state index contributed by atoms with van der Waals surface area (Å²) >= 11 is 0. The van der Waals surface area contributed by atoms with Gasteiger partial charge in [-0.25, -0.2) is 0 Å². The number of nitrogens with two attached hydrogens (primary N) is 1. The van der Waals surface area contributed by atoms with E-state index < -0.39 is 0 Å². The van der Waals surface area contributed by atoms with Crippen LogP contribution in [0.25, 0.3) is 0 Å². The van der Waals surface area contributed by atoms with Crippen molar-refractivity contribution in [2.24, 2.45) is 5.73 Å². The Morgan fingerprint density at radius 3 is 2.50 bits per heavy atom. The van der Waals surface area contributed by atoms with Gasteiger partial charge in [0, 0.05) is 26.2 Å². The van der Waals surface area contributed by atoms with Crippen LogP contribution in [-0.2, 0) is 17.8 Å². The van der Waals surface area contributed by atoms with Crippen LogP contribution >= 0.6 is 0 Å². The summed E-state index contributed by atoms with van der Waals surface area (Å²) in [7, 11) is 0. The van der Waals surface area contributed by atoms with E-state index in [0.717, 1.165) is 25.1 Å². The maximum atomic E-state index is 12.2. The van der Waals surface area contributed by atoms with E-state index >= 15 is 0 Å². The topological polar surface area (TPSA) is 58.4 Å². The number of carbonyl (C=O) groups excluding carboxylic acids is 1. The van der Waals surface area contributed by atoms with Crippen molar-refractivity contribution in [3.8, 4) is 0 Å². The zero-order chi connectivity index (χ0) is 17.2. The molecule has 0 aliphatic rings. The predicted octanol–water partition coefficient (Wildman–Crippen LogP) is 2.11. The molecule has 0 saturated carbocycles. The number of benzene rings is 2. The summed E-state index contributed by atoms with van der Waals surface area (Å²) in [5.74, 6) is 0.0398. The van der Waals surface area contributed by atoms with Crippen LogP contribution in [0.5, 0.6) is 0 Å². The van der Waals surface area contributed by atoms with E-state index in [9.17, 15) is 4.79 Å². The second-order valence-corrected chi connectivity index (χ2v) is 6.07. The van der Waals surface area contributed by atoms with Crippen LogP contribution < -0.4 is 11.1 Å². The maximum absolute atomic E-state index is 12.2. The van der Waals surface area contributed by atoms with E-state index in [0.29, 0.717) is 19.6 Å². The fraction of sp³-hybridized carbons (Fsp3) is 0.350. The Balaban J connectivity index is 1.79. The van der Waals surface area contributed by atoms with Gasteiger partial charge in [0.2, 0.25) is 5.91 Å². The number of hydrogen-bond acceptors (Lipinski definition) is 3. The molecule has 3 N–H and O–H groups in total. The summed E-state index contributed by atoms with van der Waals surface area (Å²) in [6, 6.07) is 18.5. The van der Waals surface area contributed by atoms with Crippen molar-refractivity contribution < 1.29 is 4.79 Å². The van der Waals surface area contributed by atoms with E-state index in [1.807, 2.05) is 30.3 Å². The molecule has 0 saturated heterocycles. The van der Waals surface area contributed by atoms with Crippen LogP contribution in [0.15, 0.2) is 54.6 Å². The number of nitrogens with zero attached hydrogens (tertiary/aromatic N) is 1. The van der Waals surface area contributed by atoms with Gasteiger partial charge in [-0.15, -0.1) is 0 Å². The summed E-state index contributed by atoms with van der Waals surface area (Å²) in [5.41, 5.74) is 9.29. The SMILES string of the molecule is Cc1cccc(CNC(=O)CN(CCN)CCc2ccccc2)c1. The van der Waals surface area contributed by atoms with E-state index in [4.69, 9.17) is 5.73 Å². The van der Waals surface area contributed by atoms with Crippen molar-refractivity contribution in [1.29, 1.82) is 0 Å². The van der Waals surface area contributed by atoms with Gasteiger partial charge in [-0.05, 0) is 24.5 Å². The first kappa shape index (κ1) is 18.2. The Hall–Kier alpha value is -2.17. The molecule has 1 amide bonds. The van der Waals surface area contributed by atoms with Crippen LogP contribution in [0.1, 0.15) is 16.7 Å². The number of carbonyl (C=O) groups is 1. The lowest BCUT2D eigenvalue weighted by Gasteiger charge is -2.21. The number of aryl methyl sites for hydroxylation is 1. The Kier molecular flexibility index (Phi) is 7.46. The molecular formula is C20H27N3O. The van der Waals surface area contributed by atoms with Gasteiger partial charge in [-0.3, -0.25) is 9.69 Å². The fourth-order valence-electron chi connectivity index (χ4n) is 2.67. The molecule has 2 aromatic carbocycles. The molecule has 0 bridgehead atoms. The maximum Gasteiger partial charge on any atom is 0.234 e. The Bertz CT molecular complexity index is 628. The molecule has 0 fully saturated rings. The Labute approximate surface area is 144 Å². The molecule has 0 radical (unpaired) electrons. The third-order valence-electron chi connectivity index (χ3n) is 3.94. The minimum Gasteiger partial charge on any atom is -0.351 e. The van der Waals surface area contributed by atoms with E-state index in [-0.39, 0.29) is 5.91 Å². The summed E-state index contributed by atoms with van der Waals surface area (Å²) in [4.78, 5) is 14.3. The quantitative estimate of drug-likeness (QED) is 0.742. The summed E-state index contributed by atoms with van der Waals surface area (Å²) in [5, 5.41) is 2.99. The highest BCUT2D eigenvalue weighted by Crippen LogP contribution is 2.04. The van der Waals surface area contributed by atoms with Gasteiger partial charge < -0.3 is 11.1 Å². The standard InChI is InChI=1S/C20H27N3O/c1-17-6-5-9-19(14-17)15-22-20(24)16-23(13-11-21)12-10-18-7-3-2-4-8-18/h2-9,14H,10-13,15-16,21H2,1H3,(H,22,24). The van der Waals surface area contributed by atoms with Gasteiger partial charge in [0.25, 0.3) is 0 Å². The molecule has 24 heavy (non-hydrogen) atoms. The van der Waals surface area contributed by atoms with Gasteiger partial charge in [0.1, 0.15) is 0 Å². The number of nitrogens with one attached hydrogen (secondary N) is 1. The highest BCUT2D eigenvalue weighted by molar-refractivity contribution is 5.78. The monoisotopic (exact) mass is 325 g/mol. The molecule has 0 aromatic heterocycles. The average molecular weight is 325 g/mol. The smallest absolute Gasteiger partial charge is 0.234 e. The summed E-state index contributed by atoms with van der Waals surface area (Å²) < 4.78 is 0. The van der Waals surface area contributed by atoms with E-state index in [2.05, 4.69) is 41.4 Å². The van der Waals surface area contributed by atoms with Gasteiger partial charge >= 0.3 is 0 Å². The summed E-state index contributed by atoms with van der Waals surface area (Å²) in [6.07, 6.45) is 0.923. The second-order valence-electron chi connectivity index (χ2n) is 6.07. The lowest BCUT2D eigenvalue weighted by Crippen LogP contribution is -2.40. The first-order valence-corrected chi connectivity index (χ1v) is 8.46. The minimum atomic E-state index is 0.0398. The molecule has 0 heterocycles. The molecular weight excluding hydrogens is 298 g/mol. The second kappa shape index (κ2) is 9.85. The normalized spacial score (nSPS) is 10.8. The molecule has 0 aliphatic carbocycles. The molecule has 128 valence electrons. The van der Waals surface area contributed by atoms with Gasteiger partial charge in [-0.1, -0.05) is 60.2 Å². The van der Waals surface area contributed by atoms with Gasteiger partial charge in [-0.2, -0.15) is 0 Å². The van der Waals surface area contributed by atoms with Crippen molar-refractivity contribution in [3.63, 3.8) is 0 Å². The molecule has 4 heteroatoms. The molecule has 2 rings (SSSR count). The lowest BCUT2D eigenvalue weighted by atomic mass is 10.1. The summed E-state index contributed by atoms with van der Waals surface area (Å²) in [6.45, 7) is 5.12. The van der Waals surface area contributed by atoms with Gasteiger partial charge in [0.05, 0.1) is 6.54 Å². The van der Waals surface area contributed by atoms with E-state index in [1.54, 1.807) is 0 Å². The van der Waals surface area contributed by atoms with E-state index in [1.165, 1.54) is 11.1 Å². The average Bonchev–Trinajstić information content (AvgIpc) is 2.59. The Morgan fingerprint density at radius 2 is 1.79 bits per heavy atom. The highest BCUT2D eigenvalue weighted by Gasteiger charge is 2.10. The van der Waals surface area contributed by atoms with Crippen molar-refractivity contribution in [1.82, 2.24) is 10.2 Å². The molecule has 2 aromatic rings. The van der Waals surface area contributed by atoms with Crippen LogP contribution in [0.2, 0.25) is 0 Å². The molecule has 4 nitrogen and oxygen atoms in total. The number of rotatable bonds is 9. The zero-order valence-corrected chi connectivity index (χ0v) is 14.4. The molecule has 0 atom stereocenters. The van der Waals surface area contributed by atoms with Crippen LogP contribution in [0.4, 0.5) is 0 Å². The van der Waals surface area contributed by atoms with Crippen LogP contribution in [0.3, 0.4) is 0 Å². The third kappa shape index (κ3) is 6.52. The van der Waals surface area contributed by atoms with Crippen molar-refractivity contribution in [2.75, 3.05) is 26.2 Å². The first-order chi connectivity index (χ1) is 11.7. The molecule has 0 unspecified atom stereocenters.